The minimum Gasteiger partial charge on any atom is -0.390 e. The normalized spacial score (nSPS) is 13.1. The van der Waals surface area contributed by atoms with E-state index in [-0.39, 0.29) is 42.6 Å². The minimum atomic E-state index is -3.90. The van der Waals surface area contributed by atoms with Crippen LogP contribution in [0.1, 0.15) is 36.3 Å². The zero-order valence-corrected chi connectivity index (χ0v) is 25.2. The van der Waals surface area contributed by atoms with Gasteiger partial charge >= 0.3 is 0 Å². The van der Waals surface area contributed by atoms with Crippen molar-refractivity contribution in [3.05, 3.63) is 108 Å². The fraction of sp³-hybridized carbons (Fsp3) is 0.303. The molecule has 0 fully saturated rings. The molecule has 0 unspecified atom stereocenters. The molecule has 43 heavy (non-hydrogen) atoms. The molecular weight excluding hydrogens is 564 g/mol. The zero-order chi connectivity index (χ0) is 30.8. The number of hydrogen-bond acceptors (Lipinski definition) is 6. The number of aliphatic hydroxyl groups excluding tert-OH is 1. The first kappa shape index (κ1) is 31.8. The summed E-state index contributed by atoms with van der Waals surface area (Å²) in [5.41, 5.74) is 1.70. The van der Waals surface area contributed by atoms with Crippen molar-refractivity contribution in [1.82, 2.24) is 19.9 Å². The number of rotatable bonds is 14. The predicted octanol–water partition coefficient (Wildman–Crippen LogP) is 3.79. The number of hydrogen-bond donors (Lipinski definition) is 3. The lowest BCUT2D eigenvalue weighted by Gasteiger charge is -2.30. The Kier molecular flexibility index (Phi) is 11.0. The Bertz CT molecular complexity index is 1610. The molecule has 0 radical (unpaired) electrons. The van der Waals surface area contributed by atoms with E-state index in [1.165, 1.54) is 16.4 Å². The van der Waals surface area contributed by atoms with Crippen molar-refractivity contribution in [2.45, 2.75) is 43.7 Å². The van der Waals surface area contributed by atoms with Gasteiger partial charge in [-0.05, 0) is 48.6 Å². The Morgan fingerprint density at radius 3 is 2.23 bits per heavy atom. The highest BCUT2D eigenvalue weighted by atomic mass is 32.2. The van der Waals surface area contributed by atoms with Crippen LogP contribution < -0.4 is 10.6 Å². The summed E-state index contributed by atoms with van der Waals surface area (Å²) in [6.45, 7) is 3.67. The summed E-state index contributed by atoms with van der Waals surface area (Å²) in [4.78, 5) is 30.3. The molecule has 0 aliphatic carbocycles. The van der Waals surface area contributed by atoms with Gasteiger partial charge in [0.2, 0.25) is 15.9 Å². The van der Waals surface area contributed by atoms with Crippen LogP contribution in [-0.2, 0) is 21.2 Å². The van der Waals surface area contributed by atoms with Crippen LogP contribution in [0, 0.1) is 5.92 Å². The van der Waals surface area contributed by atoms with E-state index in [1.54, 1.807) is 36.4 Å². The fourth-order valence-electron chi connectivity index (χ4n) is 4.64. The number of aromatic nitrogens is 1. The average Bonchev–Trinajstić information content (AvgIpc) is 3.02. The highest BCUT2D eigenvalue weighted by Gasteiger charge is 2.31. The minimum absolute atomic E-state index is 0.139. The summed E-state index contributed by atoms with van der Waals surface area (Å²) in [5.74, 6) is -0.783. The zero-order valence-electron chi connectivity index (χ0n) is 24.4. The number of para-hydroxylation sites is 1. The van der Waals surface area contributed by atoms with E-state index in [1.807, 2.05) is 62.4 Å². The highest BCUT2D eigenvalue weighted by molar-refractivity contribution is 7.89. The third-order valence-electron chi connectivity index (χ3n) is 7.08. The average molecular weight is 603 g/mol. The molecule has 0 aliphatic heterocycles. The third kappa shape index (κ3) is 8.93. The van der Waals surface area contributed by atoms with Gasteiger partial charge in [-0.2, -0.15) is 4.31 Å². The molecule has 2 amide bonds. The molecule has 0 aliphatic rings. The number of aliphatic hydroxyl groups is 1. The van der Waals surface area contributed by atoms with Gasteiger partial charge in [-0.25, -0.2) is 13.4 Å². The molecule has 4 rings (SSSR count). The monoisotopic (exact) mass is 602 g/mol. The number of pyridine rings is 1. The van der Waals surface area contributed by atoms with E-state index in [9.17, 15) is 23.1 Å². The van der Waals surface area contributed by atoms with Gasteiger partial charge in [0.15, 0.2) is 0 Å². The first-order valence-electron chi connectivity index (χ1n) is 14.3. The highest BCUT2D eigenvalue weighted by Crippen LogP contribution is 2.19. The number of carbonyl (C=O) groups excluding carboxylic acids is 2. The Morgan fingerprint density at radius 2 is 1.53 bits per heavy atom. The molecule has 226 valence electrons. The number of carbonyl (C=O) groups is 2. The van der Waals surface area contributed by atoms with Crippen LogP contribution in [0.4, 0.5) is 0 Å². The lowest BCUT2D eigenvalue weighted by atomic mass is 10.0. The van der Waals surface area contributed by atoms with Crippen molar-refractivity contribution in [3.63, 3.8) is 0 Å². The lowest BCUT2D eigenvalue weighted by molar-refractivity contribution is -0.121. The second-order valence-corrected chi connectivity index (χ2v) is 12.8. The van der Waals surface area contributed by atoms with E-state index in [0.29, 0.717) is 11.9 Å². The van der Waals surface area contributed by atoms with Crippen molar-refractivity contribution in [2.24, 2.45) is 5.92 Å². The summed E-state index contributed by atoms with van der Waals surface area (Å²) in [6, 6.07) is 27.4. The summed E-state index contributed by atoms with van der Waals surface area (Å²) in [5, 5.41) is 17.7. The Labute approximate surface area is 253 Å². The third-order valence-corrected chi connectivity index (χ3v) is 8.96. The Balaban J connectivity index is 1.48. The molecular formula is C33H38N4O5S. The van der Waals surface area contributed by atoms with Gasteiger partial charge in [0.25, 0.3) is 5.91 Å². The maximum Gasteiger partial charge on any atom is 0.270 e. The van der Waals surface area contributed by atoms with Crippen LogP contribution in [0.25, 0.3) is 10.9 Å². The molecule has 0 saturated heterocycles. The van der Waals surface area contributed by atoms with Gasteiger partial charge in [0, 0.05) is 18.5 Å². The SMILES string of the molecule is CC(C)CCN(C[C@@H](O)[C@H](Cc1ccccc1)NC(=O)CNC(=O)c1ccc2ccccc2n1)S(=O)(=O)c1ccccc1. The predicted molar refractivity (Wildman–Crippen MR) is 167 cm³/mol. The molecule has 10 heteroatoms. The molecule has 0 bridgehead atoms. The number of amides is 2. The van der Waals surface area contributed by atoms with Crippen LogP contribution in [-0.4, -0.2) is 66.4 Å². The molecule has 3 aromatic carbocycles. The van der Waals surface area contributed by atoms with Gasteiger partial charge in [0.05, 0.1) is 29.1 Å². The van der Waals surface area contributed by atoms with Crippen LogP contribution in [0.15, 0.2) is 102 Å². The fourth-order valence-corrected chi connectivity index (χ4v) is 6.14. The molecule has 0 saturated carbocycles. The first-order chi connectivity index (χ1) is 20.6. The molecule has 1 heterocycles. The topological polar surface area (TPSA) is 129 Å². The van der Waals surface area contributed by atoms with Gasteiger partial charge < -0.3 is 15.7 Å². The maximum absolute atomic E-state index is 13.6. The van der Waals surface area contributed by atoms with Crippen molar-refractivity contribution in [3.8, 4) is 0 Å². The molecule has 9 nitrogen and oxygen atoms in total. The maximum atomic E-state index is 13.6. The van der Waals surface area contributed by atoms with E-state index in [0.717, 1.165) is 10.9 Å². The quantitative estimate of drug-likeness (QED) is 0.202. The molecule has 2 atom stereocenters. The molecule has 3 N–H and O–H groups in total. The summed E-state index contributed by atoms with van der Waals surface area (Å²) >= 11 is 0. The molecule has 4 aromatic rings. The van der Waals surface area contributed by atoms with Crippen molar-refractivity contribution >= 4 is 32.7 Å². The van der Waals surface area contributed by atoms with Gasteiger partial charge in [0.1, 0.15) is 5.69 Å². The van der Waals surface area contributed by atoms with E-state index in [4.69, 9.17) is 0 Å². The first-order valence-corrected chi connectivity index (χ1v) is 15.8. The number of nitrogens with one attached hydrogen (secondary N) is 2. The largest absolute Gasteiger partial charge is 0.390 e. The number of nitrogens with zero attached hydrogens (tertiary/aromatic N) is 2. The number of fused-ring (bicyclic) bond motifs is 1. The van der Waals surface area contributed by atoms with Crippen molar-refractivity contribution in [2.75, 3.05) is 19.6 Å². The van der Waals surface area contributed by atoms with E-state index < -0.39 is 34.0 Å². The van der Waals surface area contributed by atoms with Crippen LogP contribution in [0.3, 0.4) is 0 Å². The number of benzene rings is 3. The number of sulfonamides is 1. The van der Waals surface area contributed by atoms with Crippen LogP contribution in [0.2, 0.25) is 0 Å². The summed E-state index contributed by atoms with van der Waals surface area (Å²) < 4.78 is 28.4. The summed E-state index contributed by atoms with van der Waals surface area (Å²) in [6.07, 6.45) is -0.367. The summed E-state index contributed by atoms with van der Waals surface area (Å²) in [7, 11) is -3.90. The van der Waals surface area contributed by atoms with E-state index >= 15 is 0 Å². The molecule has 1 aromatic heterocycles. The van der Waals surface area contributed by atoms with Crippen molar-refractivity contribution < 1.29 is 23.1 Å². The van der Waals surface area contributed by atoms with Gasteiger partial charge in [-0.15, -0.1) is 0 Å². The van der Waals surface area contributed by atoms with E-state index in [2.05, 4.69) is 15.6 Å². The van der Waals surface area contributed by atoms with Crippen LogP contribution >= 0.6 is 0 Å². The second-order valence-electron chi connectivity index (χ2n) is 10.9. The Hall–Kier alpha value is -4.12. The van der Waals surface area contributed by atoms with Crippen molar-refractivity contribution in [1.29, 1.82) is 0 Å². The lowest BCUT2D eigenvalue weighted by Crippen LogP contribution is -2.52. The second kappa shape index (κ2) is 14.9. The Morgan fingerprint density at radius 1 is 0.884 bits per heavy atom. The van der Waals surface area contributed by atoms with Gasteiger partial charge in [-0.3, -0.25) is 9.59 Å². The van der Waals surface area contributed by atoms with Gasteiger partial charge in [-0.1, -0.05) is 86.6 Å². The smallest absolute Gasteiger partial charge is 0.270 e. The van der Waals surface area contributed by atoms with Crippen LogP contribution in [0.5, 0.6) is 0 Å². The molecule has 0 spiro atoms. The standard InChI is InChI=1S/C33H38N4O5S/c1-24(2)19-20-37(43(41,42)27-14-7-4-8-15-27)23-31(38)30(21-25-11-5-3-6-12-25)36-32(39)22-34-33(40)29-18-17-26-13-9-10-16-28(26)35-29/h3-18,24,30-31,38H,19-23H2,1-2H3,(H,34,40)(H,36,39)/t30-,31+/m0/s1.